The maximum absolute atomic E-state index is 11.9. The number of anilines is 1. The van der Waals surface area contributed by atoms with E-state index in [0.717, 1.165) is 18.5 Å². The average molecular weight is 329 g/mol. The van der Waals surface area contributed by atoms with Crippen LogP contribution < -0.4 is 11.1 Å². The van der Waals surface area contributed by atoms with Gasteiger partial charge in [0, 0.05) is 18.8 Å². The van der Waals surface area contributed by atoms with E-state index in [2.05, 4.69) is 21.1 Å². The first-order valence-corrected chi connectivity index (χ1v) is 7.78. The van der Waals surface area contributed by atoms with E-state index in [1.54, 1.807) is 0 Å². The predicted octanol–water partition coefficient (Wildman–Crippen LogP) is 3.26. The molecule has 128 valence electrons. The molecule has 3 N–H and O–H groups in total. The minimum absolute atomic E-state index is 0.0109. The second-order valence-electron chi connectivity index (χ2n) is 5.56. The molecule has 0 fully saturated rings. The van der Waals surface area contributed by atoms with Gasteiger partial charge in [-0.3, -0.25) is 4.99 Å². The Morgan fingerprint density at radius 2 is 2.04 bits per heavy atom. The fourth-order valence-corrected chi connectivity index (χ4v) is 2.63. The highest BCUT2D eigenvalue weighted by Crippen LogP contribution is 2.27. The van der Waals surface area contributed by atoms with Crippen LogP contribution in [0.5, 0.6) is 0 Å². The van der Waals surface area contributed by atoms with Crippen molar-refractivity contribution in [1.82, 2.24) is 0 Å². The minimum Gasteiger partial charge on any atom is -0.372 e. The Bertz CT molecular complexity index is 544. The molecule has 2 rings (SSSR count). The molecule has 1 aromatic rings. The first kappa shape index (κ1) is 17.6. The smallest absolute Gasteiger partial charge is 0.372 e. The quantitative estimate of drug-likeness (QED) is 0.478. The lowest BCUT2D eigenvalue weighted by molar-refractivity contribution is -0.173. The van der Waals surface area contributed by atoms with Gasteiger partial charge in [-0.15, -0.1) is 0 Å². The molecule has 0 bridgehead atoms. The Hall–Kier alpha value is -1.76. The lowest BCUT2D eigenvalue weighted by atomic mass is 9.90. The second kappa shape index (κ2) is 8.19. The third-order valence-corrected chi connectivity index (χ3v) is 3.65. The summed E-state index contributed by atoms with van der Waals surface area (Å²) in [6, 6.07) is 6.09. The van der Waals surface area contributed by atoms with Gasteiger partial charge >= 0.3 is 6.18 Å². The van der Waals surface area contributed by atoms with E-state index in [1.165, 1.54) is 24.0 Å². The highest BCUT2D eigenvalue weighted by atomic mass is 19.4. The molecule has 1 aromatic carbocycles. The zero-order valence-corrected chi connectivity index (χ0v) is 13.0. The number of alkyl halides is 3. The van der Waals surface area contributed by atoms with E-state index in [1.807, 2.05) is 12.1 Å². The number of aryl methyl sites for hydroxylation is 1. The van der Waals surface area contributed by atoms with E-state index in [4.69, 9.17) is 5.73 Å². The SMILES string of the molecule is NC(=NCCCOCC(F)(F)F)Nc1cccc2c1CCCC2. The van der Waals surface area contributed by atoms with Gasteiger partial charge in [0.2, 0.25) is 0 Å². The van der Waals surface area contributed by atoms with Gasteiger partial charge in [0.05, 0.1) is 0 Å². The van der Waals surface area contributed by atoms with Crippen LogP contribution >= 0.6 is 0 Å². The zero-order chi connectivity index (χ0) is 16.7. The van der Waals surface area contributed by atoms with Crippen molar-refractivity contribution in [3.8, 4) is 0 Å². The molecule has 0 radical (unpaired) electrons. The third kappa shape index (κ3) is 6.09. The summed E-state index contributed by atoms with van der Waals surface area (Å²) in [7, 11) is 0. The van der Waals surface area contributed by atoms with Gasteiger partial charge in [-0.25, -0.2) is 0 Å². The number of benzene rings is 1. The van der Waals surface area contributed by atoms with Crippen molar-refractivity contribution in [3.05, 3.63) is 29.3 Å². The fraction of sp³-hybridized carbons (Fsp3) is 0.562. The lowest BCUT2D eigenvalue weighted by Gasteiger charge is -2.19. The van der Waals surface area contributed by atoms with Crippen molar-refractivity contribution in [2.24, 2.45) is 10.7 Å². The number of nitrogens with zero attached hydrogens (tertiary/aromatic N) is 1. The van der Waals surface area contributed by atoms with Gasteiger partial charge in [-0.05, 0) is 49.3 Å². The molecule has 4 nitrogen and oxygen atoms in total. The van der Waals surface area contributed by atoms with Gasteiger partial charge in [0.25, 0.3) is 0 Å². The van der Waals surface area contributed by atoms with Crippen LogP contribution in [0.15, 0.2) is 23.2 Å². The fourth-order valence-electron chi connectivity index (χ4n) is 2.63. The first-order chi connectivity index (χ1) is 11.0. The molecular formula is C16H22F3N3O. The van der Waals surface area contributed by atoms with Crippen LogP contribution in [-0.4, -0.2) is 31.9 Å². The Balaban J connectivity index is 1.77. The molecular weight excluding hydrogens is 307 g/mol. The second-order valence-corrected chi connectivity index (χ2v) is 5.56. The number of hydrogen-bond donors (Lipinski definition) is 2. The molecule has 0 saturated carbocycles. The molecule has 1 aliphatic rings. The number of aliphatic imine (C=N–C) groups is 1. The summed E-state index contributed by atoms with van der Waals surface area (Å²) in [6.45, 7) is -0.886. The van der Waals surface area contributed by atoms with Crippen LogP contribution in [0.4, 0.5) is 18.9 Å². The Morgan fingerprint density at radius 3 is 2.83 bits per heavy atom. The van der Waals surface area contributed by atoms with Gasteiger partial charge in [0.1, 0.15) is 6.61 Å². The maximum Gasteiger partial charge on any atom is 0.411 e. The largest absolute Gasteiger partial charge is 0.411 e. The highest BCUT2D eigenvalue weighted by molar-refractivity contribution is 5.93. The topological polar surface area (TPSA) is 59.6 Å². The predicted molar refractivity (Wildman–Crippen MR) is 84.7 cm³/mol. The molecule has 0 aromatic heterocycles. The molecule has 0 atom stereocenters. The van der Waals surface area contributed by atoms with Crippen molar-refractivity contribution in [3.63, 3.8) is 0 Å². The van der Waals surface area contributed by atoms with Crippen molar-refractivity contribution in [1.29, 1.82) is 0 Å². The lowest BCUT2D eigenvalue weighted by Crippen LogP contribution is -2.24. The third-order valence-electron chi connectivity index (χ3n) is 3.65. The monoisotopic (exact) mass is 329 g/mol. The van der Waals surface area contributed by atoms with Gasteiger partial charge in [-0.2, -0.15) is 13.2 Å². The van der Waals surface area contributed by atoms with Crippen molar-refractivity contribution in [2.45, 2.75) is 38.3 Å². The van der Waals surface area contributed by atoms with E-state index in [0.29, 0.717) is 13.0 Å². The van der Waals surface area contributed by atoms with E-state index in [9.17, 15) is 13.2 Å². The number of fused-ring (bicyclic) bond motifs is 1. The molecule has 0 unspecified atom stereocenters. The molecule has 0 saturated heterocycles. The molecule has 0 amide bonds. The highest BCUT2D eigenvalue weighted by Gasteiger charge is 2.27. The van der Waals surface area contributed by atoms with Gasteiger partial charge < -0.3 is 15.8 Å². The average Bonchev–Trinajstić information content (AvgIpc) is 2.50. The van der Waals surface area contributed by atoms with Crippen molar-refractivity contribution in [2.75, 3.05) is 25.1 Å². The summed E-state index contributed by atoms with van der Waals surface area (Å²) in [6.07, 6.45) is 0.592. The minimum atomic E-state index is -4.28. The molecule has 0 aliphatic heterocycles. The number of hydrogen-bond acceptors (Lipinski definition) is 2. The van der Waals surface area contributed by atoms with Gasteiger partial charge in [0.15, 0.2) is 5.96 Å². The normalized spacial score (nSPS) is 15.3. The van der Waals surface area contributed by atoms with Crippen LogP contribution in [0.1, 0.15) is 30.4 Å². The Kier molecular flexibility index (Phi) is 6.27. The van der Waals surface area contributed by atoms with Crippen molar-refractivity contribution >= 4 is 11.6 Å². The van der Waals surface area contributed by atoms with Crippen LogP contribution in [0.25, 0.3) is 0 Å². The van der Waals surface area contributed by atoms with Gasteiger partial charge in [-0.1, -0.05) is 12.1 Å². The summed E-state index contributed by atoms with van der Waals surface area (Å²) in [5.74, 6) is 0.278. The van der Waals surface area contributed by atoms with Crippen molar-refractivity contribution < 1.29 is 17.9 Å². The molecule has 1 aliphatic carbocycles. The standard InChI is InChI=1S/C16H22F3N3O/c17-16(18,19)11-23-10-4-9-21-15(20)22-14-8-3-6-12-5-1-2-7-13(12)14/h3,6,8H,1-2,4-5,7,9-11H2,(H3,20,21,22). The summed E-state index contributed by atoms with van der Waals surface area (Å²) in [5, 5.41) is 3.09. The van der Waals surface area contributed by atoms with Crippen LogP contribution in [0.2, 0.25) is 0 Å². The maximum atomic E-state index is 11.9. The number of guanidine groups is 1. The number of nitrogens with two attached hydrogens (primary N) is 1. The van der Waals surface area contributed by atoms with E-state index in [-0.39, 0.29) is 12.6 Å². The molecule has 7 heteroatoms. The summed E-state index contributed by atoms with van der Waals surface area (Å²) < 4.78 is 40.2. The zero-order valence-electron chi connectivity index (χ0n) is 13.0. The van der Waals surface area contributed by atoms with Crippen LogP contribution in [0.3, 0.4) is 0 Å². The molecule has 23 heavy (non-hydrogen) atoms. The number of ether oxygens (including phenoxy) is 1. The van der Waals surface area contributed by atoms with E-state index < -0.39 is 12.8 Å². The molecule has 0 heterocycles. The number of nitrogens with one attached hydrogen (secondary N) is 1. The summed E-state index contributed by atoms with van der Waals surface area (Å²) in [4.78, 5) is 4.12. The first-order valence-electron chi connectivity index (χ1n) is 7.78. The summed E-state index contributed by atoms with van der Waals surface area (Å²) >= 11 is 0. The Labute approximate surface area is 133 Å². The Morgan fingerprint density at radius 1 is 1.26 bits per heavy atom. The molecule has 0 spiro atoms. The summed E-state index contributed by atoms with van der Waals surface area (Å²) in [5.41, 5.74) is 9.44. The van der Waals surface area contributed by atoms with Crippen LogP contribution in [0, 0.1) is 0 Å². The number of halogens is 3. The van der Waals surface area contributed by atoms with E-state index >= 15 is 0 Å². The number of rotatable bonds is 6. The van der Waals surface area contributed by atoms with Crippen LogP contribution in [-0.2, 0) is 17.6 Å².